The van der Waals surface area contributed by atoms with Gasteiger partial charge >= 0.3 is 0 Å². The van der Waals surface area contributed by atoms with Crippen LogP contribution in [0.3, 0.4) is 0 Å². The van der Waals surface area contributed by atoms with Gasteiger partial charge in [-0.05, 0) is 17.5 Å². The average Bonchev–Trinajstić information content (AvgIpc) is 3.24. The molecule has 0 aliphatic heterocycles. The van der Waals surface area contributed by atoms with Crippen LogP contribution in [0.5, 0.6) is 5.75 Å². The molecule has 23 heavy (non-hydrogen) atoms. The predicted molar refractivity (Wildman–Crippen MR) is 85.7 cm³/mol. The summed E-state index contributed by atoms with van der Waals surface area (Å²) in [5.41, 5.74) is 1.36. The van der Waals surface area contributed by atoms with Gasteiger partial charge in [0, 0.05) is 17.9 Å². The van der Waals surface area contributed by atoms with Crippen LogP contribution in [0.1, 0.15) is 33.7 Å². The molecule has 0 spiro atoms. The van der Waals surface area contributed by atoms with Gasteiger partial charge in [-0.25, -0.2) is 0 Å². The molecule has 0 saturated carbocycles. The highest BCUT2D eigenvalue weighted by Crippen LogP contribution is 2.29. The lowest BCUT2D eigenvalue weighted by Crippen LogP contribution is -2.30. The molecule has 0 unspecified atom stereocenters. The third-order valence-corrected chi connectivity index (χ3v) is 3.99. The molecule has 0 bridgehead atoms. The number of aryl methyl sites for hydroxylation is 1. The van der Waals surface area contributed by atoms with Gasteiger partial charge in [-0.2, -0.15) is 16.3 Å². The lowest BCUT2D eigenvalue weighted by atomic mass is 10.0. The molecule has 2 aromatic heterocycles. The molecule has 3 rings (SSSR count). The van der Waals surface area contributed by atoms with Crippen molar-refractivity contribution in [1.29, 1.82) is 0 Å². The van der Waals surface area contributed by atoms with Gasteiger partial charge in [0.15, 0.2) is 5.82 Å². The third kappa shape index (κ3) is 3.24. The first kappa shape index (κ1) is 15.2. The van der Waals surface area contributed by atoms with Gasteiger partial charge in [0.2, 0.25) is 5.89 Å². The molecular formula is C16H15N3O3S. The molecule has 2 heterocycles. The Hall–Kier alpha value is -2.67. The summed E-state index contributed by atoms with van der Waals surface area (Å²) in [6, 6.07) is 8.63. The topological polar surface area (TPSA) is 77.2 Å². The number of aromatic nitrogens is 2. The number of nitrogens with zero attached hydrogens (tertiary/aromatic N) is 2. The van der Waals surface area contributed by atoms with Crippen LogP contribution in [0.25, 0.3) is 0 Å². The minimum Gasteiger partial charge on any atom is -0.496 e. The van der Waals surface area contributed by atoms with Crippen molar-refractivity contribution in [2.45, 2.75) is 13.0 Å². The normalized spacial score (nSPS) is 11.9. The van der Waals surface area contributed by atoms with E-state index in [4.69, 9.17) is 9.26 Å². The lowest BCUT2D eigenvalue weighted by Gasteiger charge is -2.18. The van der Waals surface area contributed by atoms with Crippen molar-refractivity contribution >= 4 is 17.2 Å². The summed E-state index contributed by atoms with van der Waals surface area (Å²) in [4.78, 5) is 16.7. The molecule has 7 heteroatoms. The molecule has 1 atom stereocenters. The fraction of sp³-hybridized carbons (Fsp3) is 0.188. The Morgan fingerprint density at radius 1 is 1.35 bits per heavy atom. The zero-order valence-electron chi connectivity index (χ0n) is 12.6. The highest BCUT2D eigenvalue weighted by molar-refractivity contribution is 7.08. The van der Waals surface area contributed by atoms with E-state index in [1.165, 1.54) is 11.3 Å². The number of carbonyl (C=O) groups excluding carboxylic acids is 1. The maximum Gasteiger partial charge on any atom is 0.252 e. The van der Waals surface area contributed by atoms with Crippen LogP contribution in [-0.2, 0) is 0 Å². The van der Waals surface area contributed by atoms with Crippen LogP contribution in [0.15, 0.2) is 45.6 Å². The first-order chi connectivity index (χ1) is 11.2. The number of rotatable bonds is 5. The van der Waals surface area contributed by atoms with Crippen LogP contribution in [0, 0.1) is 6.92 Å². The van der Waals surface area contributed by atoms with Crippen LogP contribution in [0.4, 0.5) is 0 Å². The van der Waals surface area contributed by atoms with E-state index in [0.717, 1.165) is 5.56 Å². The van der Waals surface area contributed by atoms with Crippen molar-refractivity contribution in [2.24, 2.45) is 0 Å². The first-order valence-corrected chi connectivity index (χ1v) is 7.89. The number of hydrogen-bond acceptors (Lipinski definition) is 6. The maximum absolute atomic E-state index is 12.4. The van der Waals surface area contributed by atoms with Gasteiger partial charge in [0.05, 0.1) is 12.7 Å². The third-order valence-electron chi connectivity index (χ3n) is 3.31. The molecule has 3 aromatic rings. The summed E-state index contributed by atoms with van der Waals surface area (Å²) in [7, 11) is 1.58. The van der Waals surface area contributed by atoms with E-state index < -0.39 is 6.04 Å². The van der Waals surface area contributed by atoms with E-state index in [-0.39, 0.29) is 5.91 Å². The minimum absolute atomic E-state index is 0.204. The Morgan fingerprint density at radius 2 is 2.17 bits per heavy atom. The summed E-state index contributed by atoms with van der Waals surface area (Å²) in [6.07, 6.45) is 0. The van der Waals surface area contributed by atoms with Crippen molar-refractivity contribution in [1.82, 2.24) is 15.5 Å². The van der Waals surface area contributed by atoms with Crippen LogP contribution in [0.2, 0.25) is 0 Å². The van der Waals surface area contributed by atoms with Gasteiger partial charge in [-0.15, -0.1) is 0 Å². The van der Waals surface area contributed by atoms with Gasteiger partial charge in [-0.3, -0.25) is 4.79 Å². The zero-order valence-corrected chi connectivity index (χ0v) is 13.5. The Bertz CT molecular complexity index is 799. The first-order valence-electron chi connectivity index (χ1n) is 6.95. The Morgan fingerprint density at radius 3 is 2.83 bits per heavy atom. The number of para-hydroxylation sites is 1. The smallest absolute Gasteiger partial charge is 0.252 e. The van der Waals surface area contributed by atoms with E-state index in [1.807, 2.05) is 29.6 Å². The lowest BCUT2D eigenvalue weighted by molar-refractivity contribution is 0.0941. The second-order valence-corrected chi connectivity index (χ2v) is 5.61. The molecule has 0 fully saturated rings. The minimum atomic E-state index is -0.559. The molecule has 0 radical (unpaired) electrons. The fourth-order valence-corrected chi connectivity index (χ4v) is 2.86. The van der Waals surface area contributed by atoms with E-state index in [2.05, 4.69) is 15.5 Å². The number of nitrogens with one attached hydrogen (secondary N) is 1. The SMILES string of the molecule is COc1ccccc1[C@H](NC(=O)c1ccsc1)c1noc(C)n1. The monoisotopic (exact) mass is 329 g/mol. The van der Waals surface area contributed by atoms with Gasteiger partial charge in [0.25, 0.3) is 5.91 Å². The molecule has 0 aliphatic carbocycles. The fourth-order valence-electron chi connectivity index (χ4n) is 2.23. The largest absolute Gasteiger partial charge is 0.496 e. The van der Waals surface area contributed by atoms with E-state index in [0.29, 0.717) is 23.0 Å². The van der Waals surface area contributed by atoms with Gasteiger partial charge in [0.1, 0.15) is 11.8 Å². The summed E-state index contributed by atoms with van der Waals surface area (Å²) in [5, 5.41) is 10.5. The van der Waals surface area contributed by atoms with Crippen molar-refractivity contribution in [3.8, 4) is 5.75 Å². The maximum atomic E-state index is 12.4. The highest BCUT2D eigenvalue weighted by atomic mass is 32.1. The standard InChI is InChI=1S/C16H15N3O3S/c1-10-17-15(19-22-10)14(12-5-3-4-6-13(12)21-2)18-16(20)11-7-8-23-9-11/h3-9,14H,1-2H3,(H,18,20)/t14-/m0/s1. The number of hydrogen-bond donors (Lipinski definition) is 1. The predicted octanol–water partition coefficient (Wildman–Crippen LogP) is 2.97. The van der Waals surface area contributed by atoms with E-state index in [9.17, 15) is 4.79 Å². The van der Waals surface area contributed by atoms with Gasteiger partial charge < -0.3 is 14.6 Å². The zero-order chi connectivity index (χ0) is 16.2. The Kier molecular flexibility index (Phi) is 4.38. The van der Waals surface area contributed by atoms with Crippen molar-refractivity contribution in [3.63, 3.8) is 0 Å². The highest BCUT2D eigenvalue weighted by Gasteiger charge is 2.25. The summed E-state index contributed by atoms with van der Waals surface area (Å²) in [6.45, 7) is 1.70. The number of thiophene rings is 1. The number of carbonyl (C=O) groups is 1. The average molecular weight is 329 g/mol. The molecule has 6 nitrogen and oxygen atoms in total. The molecule has 118 valence electrons. The van der Waals surface area contributed by atoms with Crippen molar-refractivity contribution < 1.29 is 14.1 Å². The Balaban J connectivity index is 1.99. The summed E-state index contributed by atoms with van der Waals surface area (Å²) in [5.74, 6) is 1.26. The van der Waals surface area contributed by atoms with Crippen molar-refractivity contribution in [2.75, 3.05) is 7.11 Å². The second kappa shape index (κ2) is 6.62. The number of amides is 1. The quantitative estimate of drug-likeness (QED) is 0.778. The summed E-state index contributed by atoms with van der Waals surface area (Å²) < 4.78 is 10.5. The van der Waals surface area contributed by atoms with Crippen molar-refractivity contribution in [3.05, 3.63) is 63.9 Å². The number of benzene rings is 1. The van der Waals surface area contributed by atoms with Crippen LogP contribution in [-0.4, -0.2) is 23.2 Å². The summed E-state index contributed by atoms with van der Waals surface area (Å²) >= 11 is 1.46. The molecule has 1 N–H and O–H groups in total. The molecule has 0 saturated heterocycles. The molecule has 0 aliphatic rings. The van der Waals surface area contributed by atoms with Gasteiger partial charge in [-0.1, -0.05) is 23.4 Å². The van der Waals surface area contributed by atoms with E-state index in [1.54, 1.807) is 25.5 Å². The second-order valence-electron chi connectivity index (χ2n) is 4.83. The van der Waals surface area contributed by atoms with Crippen LogP contribution >= 0.6 is 11.3 Å². The van der Waals surface area contributed by atoms with Crippen LogP contribution < -0.4 is 10.1 Å². The molecule has 1 amide bonds. The van der Waals surface area contributed by atoms with E-state index >= 15 is 0 Å². The number of methoxy groups -OCH3 is 1. The molecular weight excluding hydrogens is 314 g/mol. The Labute approximate surface area is 137 Å². The molecule has 1 aromatic carbocycles. The number of ether oxygens (including phenoxy) is 1.